The summed E-state index contributed by atoms with van der Waals surface area (Å²) in [5.74, 6) is -0.408. The number of primary amides is 1. The zero-order valence-electron chi connectivity index (χ0n) is 16.7. The second kappa shape index (κ2) is 9.10. The molecular formula is C27H24N2O. The van der Waals surface area contributed by atoms with E-state index in [0.717, 1.165) is 24.2 Å². The number of hydrogen-bond donors (Lipinski definition) is 1. The summed E-state index contributed by atoms with van der Waals surface area (Å²) in [5, 5.41) is 0. The standard InChI is InChI=1S/C27H24N2O/c28-27(30)25-13-11-23(12-14-25)24-15-17-26(18-16-24)29(19-21-7-3-1-4-8-21)20-22-9-5-2-6-10-22/h1-18H,19-20H2,(H2,28,30). The van der Waals surface area contributed by atoms with Gasteiger partial charge in [0.25, 0.3) is 0 Å². The summed E-state index contributed by atoms with van der Waals surface area (Å²) in [7, 11) is 0. The molecule has 4 rings (SSSR count). The highest BCUT2D eigenvalue weighted by molar-refractivity contribution is 5.93. The van der Waals surface area contributed by atoms with Crippen LogP contribution in [0.1, 0.15) is 21.5 Å². The van der Waals surface area contributed by atoms with E-state index in [1.165, 1.54) is 16.8 Å². The van der Waals surface area contributed by atoms with Crippen molar-refractivity contribution in [2.75, 3.05) is 4.90 Å². The van der Waals surface area contributed by atoms with Crippen LogP contribution in [0.3, 0.4) is 0 Å². The maximum Gasteiger partial charge on any atom is 0.248 e. The molecule has 0 aromatic heterocycles. The van der Waals surface area contributed by atoms with Crippen LogP contribution in [0, 0.1) is 0 Å². The largest absolute Gasteiger partial charge is 0.366 e. The smallest absolute Gasteiger partial charge is 0.248 e. The van der Waals surface area contributed by atoms with Gasteiger partial charge in [0.2, 0.25) is 5.91 Å². The highest BCUT2D eigenvalue weighted by atomic mass is 16.1. The van der Waals surface area contributed by atoms with E-state index in [9.17, 15) is 4.79 Å². The van der Waals surface area contributed by atoms with Crippen LogP contribution in [-0.2, 0) is 13.1 Å². The molecule has 30 heavy (non-hydrogen) atoms. The number of hydrogen-bond acceptors (Lipinski definition) is 2. The maximum absolute atomic E-state index is 11.3. The monoisotopic (exact) mass is 392 g/mol. The van der Waals surface area contributed by atoms with Gasteiger partial charge in [-0.15, -0.1) is 0 Å². The van der Waals surface area contributed by atoms with Crippen molar-refractivity contribution in [1.82, 2.24) is 0 Å². The average Bonchev–Trinajstić information content (AvgIpc) is 2.80. The van der Waals surface area contributed by atoms with Crippen molar-refractivity contribution >= 4 is 11.6 Å². The van der Waals surface area contributed by atoms with Gasteiger partial charge in [0, 0.05) is 24.3 Å². The van der Waals surface area contributed by atoms with Gasteiger partial charge in [0.1, 0.15) is 0 Å². The first-order valence-corrected chi connectivity index (χ1v) is 10.0. The Kier molecular flexibility index (Phi) is 5.90. The lowest BCUT2D eigenvalue weighted by atomic mass is 10.0. The molecule has 0 fully saturated rings. The lowest BCUT2D eigenvalue weighted by molar-refractivity contribution is 0.100. The molecule has 0 spiro atoms. The fourth-order valence-corrected chi connectivity index (χ4v) is 3.54. The number of anilines is 1. The van der Waals surface area contributed by atoms with Crippen molar-refractivity contribution in [3.63, 3.8) is 0 Å². The molecule has 0 unspecified atom stereocenters. The zero-order chi connectivity index (χ0) is 20.8. The Morgan fingerprint density at radius 1 is 0.600 bits per heavy atom. The fourth-order valence-electron chi connectivity index (χ4n) is 3.54. The second-order valence-corrected chi connectivity index (χ2v) is 7.32. The van der Waals surface area contributed by atoms with Crippen LogP contribution in [0.15, 0.2) is 109 Å². The Morgan fingerprint density at radius 2 is 1.03 bits per heavy atom. The minimum absolute atomic E-state index is 0.408. The van der Waals surface area contributed by atoms with E-state index >= 15 is 0 Å². The Hall–Kier alpha value is -3.85. The van der Waals surface area contributed by atoms with Crippen molar-refractivity contribution in [3.05, 3.63) is 126 Å². The Bertz CT molecular complexity index is 1050. The minimum Gasteiger partial charge on any atom is -0.366 e. The molecule has 0 saturated heterocycles. The molecule has 1 amide bonds. The van der Waals surface area contributed by atoms with Crippen LogP contribution in [0.4, 0.5) is 5.69 Å². The summed E-state index contributed by atoms with van der Waals surface area (Å²) in [6, 6.07) is 37.0. The molecule has 2 N–H and O–H groups in total. The van der Waals surface area contributed by atoms with Crippen LogP contribution >= 0.6 is 0 Å². The third-order valence-electron chi connectivity index (χ3n) is 5.17. The first-order chi connectivity index (χ1) is 14.7. The summed E-state index contributed by atoms with van der Waals surface area (Å²) in [6.07, 6.45) is 0. The molecule has 0 bridgehead atoms. The van der Waals surface area contributed by atoms with Crippen LogP contribution in [-0.4, -0.2) is 5.91 Å². The Labute approximate surface area is 177 Å². The van der Waals surface area contributed by atoms with Crippen LogP contribution in [0.2, 0.25) is 0 Å². The quantitative estimate of drug-likeness (QED) is 0.441. The molecule has 0 saturated carbocycles. The van der Waals surface area contributed by atoms with Crippen molar-refractivity contribution in [1.29, 1.82) is 0 Å². The lowest BCUT2D eigenvalue weighted by Crippen LogP contribution is -2.22. The molecule has 0 radical (unpaired) electrons. The highest BCUT2D eigenvalue weighted by Gasteiger charge is 2.09. The SMILES string of the molecule is NC(=O)c1ccc(-c2ccc(N(Cc3ccccc3)Cc3ccccc3)cc2)cc1. The van der Waals surface area contributed by atoms with Crippen molar-refractivity contribution < 1.29 is 4.79 Å². The first kappa shape index (κ1) is 19.5. The average molecular weight is 393 g/mol. The number of benzene rings is 4. The van der Waals surface area contributed by atoms with Gasteiger partial charge in [-0.3, -0.25) is 4.79 Å². The van der Waals surface area contributed by atoms with Crippen LogP contribution in [0.5, 0.6) is 0 Å². The van der Waals surface area contributed by atoms with E-state index in [1.54, 1.807) is 12.1 Å². The van der Waals surface area contributed by atoms with Gasteiger partial charge in [-0.05, 0) is 46.5 Å². The van der Waals surface area contributed by atoms with Crippen molar-refractivity contribution in [2.45, 2.75) is 13.1 Å². The lowest BCUT2D eigenvalue weighted by Gasteiger charge is -2.25. The van der Waals surface area contributed by atoms with Gasteiger partial charge in [0.05, 0.1) is 0 Å². The summed E-state index contributed by atoms with van der Waals surface area (Å²) < 4.78 is 0. The molecule has 3 heteroatoms. The topological polar surface area (TPSA) is 46.3 Å². The molecule has 0 aliphatic carbocycles. The second-order valence-electron chi connectivity index (χ2n) is 7.32. The van der Waals surface area contributed by atoms with Gasteiger partial charge in [-0.2, -0.15) is 0 Å². The van der Waals surface area contributed by atoms with Crippen molar-refractivity contribution in [2.24, 2.45) is 5.73 Å². The summed E-state index contributed by atoms with van der Waals surface area (Å²) in [4.78, 5) is 13.7. The van der Waals surface area contributed by atoms with Gasteiger partial charge in [0.15, 0.2) is 0 Å². The van der Waals surface area contributed by atoms with Gasteiger partial charge < -0.3 is 10.6 Å². The molecule has 4 aromatic rings. The number of carbonyl (C=O) groups is 1. The van der Waals surface area contributed by atoms with Crippen molar-refractivity contribution in [3.8, 4) is 11.1 Å². The van der Waals surface area contributed by atoms with E-state index in [-0.39, 0.29) is 0 Å². The van der Waals surface area contributed by atoms with E-state index < -0.39 is 5.91 Å². The normalized spacial score (nSPS) is 10.5. The van der Waals surface area contributed by atoms with Crippen LogP contribution < -0.4 is 10.6 Å². The molecule has 4 aromatic carbocycles. The predicted octanol–water partition coefficient (Wildman–Crippen LogP) is 5.66. The Balaban J connectivity index is 1.59. The van der Waals surface area contributed by atoms with Gasteiger partial charge >= 0.3 is 0 Å². The maximum atomic E-state index is 11.3. The summed E-state index contributed by atoms with van der Waals surface area (Å²) >= 11 is 0. The first-order valence-electron chi connectivity index (χ1n) is 10.0. The summed E-state index contributed by atoms with van der Waals surface area (Å²) in [6.45, 7) is 1.67. The molecule has 148 valence electrons. The number of rotatable bonds is 7. The third kappa shape index (κ3) is 4.76. The zero-order valence-corrected chi connectivity index (χ0v) is 16.7. The fraction of sp³-hybridized carbons (Fsp3) is 0.0741. The number of nitrogens with two attached hydrogens (primary N) is 1. The van der Waals surface area contributed by atoms with E-state index in [1.807, 2.05) is 24.3 Å². The third-order valence-corrected chi connectivity index (χ3v) is 5.17. The van der Waals surface area contributed by atoms with E-state index in [2.05, 4.69) is 77.7 Å². The number of nitrogens with zero attached hydrogens (tertiary/aromatic N) is 1. The molecule has 0 aliphatic rings. The summed E-state index contributed by atoms with van der Waals surface area (Å²) in [5.41, 5.74) is 11.7. The molecule has 3 nitrogen and oxygen atoms in total. The number of carbonyl (C=O) groups excluding carboxylic acids is 1. The van der Waals surface area contributed by atoms with Crippen LogP contribution in [0.25, 0.3) is 11.1 Å². The van der Waals surface area contributed by atoms with Gasteiger partial charge in [-0.1, -0.05) is 84.9 Å². The van der Waals surface area contributed by atoms with E-state index in [4.69, 9.17) is 5.73 Å². The molecule has 0 atom stereocenters. The number of amides is 1. The van der Waals surface area contributed by atoms with Gasteiger partial charge in [-0.25, -0.2) is 0 Å². The highest BCUT2D eigenvalue weighted by Crippen LogP contribution is 2.26. The minimum atomic E-state index is -0.408. The molecule has 0 aliphatic heterocycles. The van der Waals surface area contributed by atoms with E-state index in [0.29, 0.717) is 5.56 Å². The Morgan fingerprint density at radius 3 is 1.47 bits per heavy atom. The molecule has 0 heterocycles. The molecular weight excluding hydrogens is 368 g/mol. The predicted molar refractivity (Wildman–Crippen MR) is 123 cm³/mol.